The van der Waals surface area contributed by atoms with Crippen LogP contribution < -0.4 is 0 Å². The Kier molecular flexibility index (Phi) is 3.07. The van der Waals surface area contributed by atoms with Crippen LogP contribution in [0.25, 0.3) is 0 Å². The lowest BCUT2D eigenvalue weighted by molar-refractivity contribution is -0.115. The molecule has 2 unspecified atom stereocenters. The number of ether oxygens (including phenoxy) is 1. The quantitative estimate of drug-likeness (QED) is 0.628. The first-order valence-electron chi connectivity index (χ1n) is 9.88. The summed E-state index contributed by atoms with van der Waals surface area (Å²) < 4.78 is 6.24. The Hall–Kier alpha value is -0.370. The van der Waals surface area contributed by atoms with Crippen molar-refractivity contribution in [1.29, 1.82) is 0 Å². The van der Waals surface area contributed by atoms with Gasteiger partial charge in [-0.05, 0) is 74.5 Å². The van der Waals surface area contributed by atoms with E-state index in [-0.39, 0.29) is 5.60 Å². The lowest BCUT2D eigenvalue weighted by atomic mass is 9.49. The predicted molar refractivity (Wildman–Crippen MR) is 88.9 cm³/mol. The zero-order valence-electron chi connectivity index (χ0n) is 14.1. The maximum absolute atomic E-state index is 6.24. The predicted octanol–water partition coefficient (Wildman–Crippen LogP) is 4.83. The lowest BCUT2D eigenvalue weighted by Gasteiger charge is -2.56. The van der Waals surface area contributed by atoms with Crippen LogP contribution in [0.4, 0.5) is 0 Å². The largest absolute Gasteiger partial charge is 0.347 e. The molecule has 0 amide bonds. The molecule has 5 rings (SSSR count). The van der Waals surface area contributed by atoms with Gasteiger partial charge in [-0.2, -0.15) is 0 Å². The molecule has 4 fully saturated rings. The first kappa shape index (κ1) is 14.0. The molecule has 4 aliphatic carbocycles. The van der Waals surface area contributed by atoms with Gasteiger partial charge in [-0.3, -0.25) is 4.99 Å². The molecule has 7 atom stereocenters. The Balaban J connectivity index is 1.45. The summed E-state index contributed by atoms with van der Waals surface area (Å²) in [5.41, 5.74) is 0.377. The van der Waals surface area contributed by atoms with E-state index >= 15 is 0 Å². The molecule has 1 spiro atoms. The van der Waals surface area contributed by atoms with E-state index in [0.29, 0.717) is 12.1 Å². The molecule has 4 saturated carbocycles. The van der Waals surface area contributed by atoms with Crippen LogP contribution in [-0.2, 0) is 4.74 Å². The summed E-state index contributed by atoms with van der Waals surface area (Å²) in [5.74, 6) is 5.10. The molecular formula is C20H31NO. The van der Waals surface area contributed by atoms with Gasteiger partial charge in [0.2, 0.25) is 0 Å². The lowest BCUT2D eigenvalue weighted by Crippen LogP contribution is -2.54. The van der Waals surface area contributed by atoms with Gasteiger partial charge in [-0.25, -0.2) is 0 Å². The summed E-state index contributed by atoms with van der Waals surface area (Å²) in [6, 6.07) is 0. The van der Waals surface area contributed by atoms with E-state index in [1.807, 2.05) is 0 Å². The molecular weight excluding hydrogens is 270 g/mol. The second-order valence-corrected chi connectivity index (χ2v) is 9.19. The number of rotatable bonds is 0. The van der Waals surface area contributed by atoms with Crippen LogP contribution in [0, 0.1) is 35.0 Å². The van der Waals surface area contributed by atoms with E-state index in [1.54, 1.807) is 6.42 Å². The topological polar surface area (TPSA) is 21.6 Å². The average molecular weight is 301 g/mol. The van der Waals surface area contributed by atoms with Crippen LogP contribution in [0.1, 0.15) is 71.1 Å². The van der Waals surface area contributed by atoms with Gasteiger partial charge < -0.3 is 4.74 Å². The number of nitrogens with zero attached hydrogens (tertiary/aromatic N) is 1. The van der Waals surface area contributed by atoms with Gasteiger partial charge in [0, 0.05) is 11.6 Å². The first-order chi connectivity index (χ1) is 10.7. The Bertz CT molecular complexity index is 488. The standard InChI is InChI=1S/C20H31NO/c1-19-10-8-16-15-5-3-2-4-14(15)6-7-17(16)18(19)9-11-20(19)12-21-13-22-20/h12,14-18H,2-11,13H2,1H3/t14?,15-,16+,17+,18-,19-,20?/m0/s1. The van der Waals surface area contributed by atoms with Crippen molar-refractivity contribution in [3.63, 3.8) is 0 Å². The highest BCUT2D eigenvalue weighted by Crippen LogP contribution is 2.66. The van der Waals surface area contributed by atoms with Crippen molar-refractivity contribution < 1.29 is 4.74 Å². The zero-order valence-corrected chi connectivity index (χ0v) is 14.1. The summed E-state index contributed by atoms with van der Waals surface area (Å²) in [6.07, 6.45) is 16.8. The average Bonchev–Trinajstić information content (AvgIpc) is 3.14. The normalized spacial score (nSPS) is 56.7. The maximum Gasteiger partial charge on any atom is 0.138 e. The molecule has 2 nitrogen and oxygen atoms in total. The molecule has 0 radical (unpaired) electrons. The van der Waals surface area contributed by atoms with Gasteiger partial charge in [0.15, 0.2) is 0 Å². The van der Waals surface area contributed by atoms with Gasteiger partial charge in [0.25, 0.3) is 0 Å². The Labute approximate surface area is 135 Å². The summed E-state index contributed by atoms with van der Waals surface area (Å²) in [6.45, 7) is 3.16. The number of hydrogen-bond donors (Lipinski definition) is 0. The fourth-order valence-corrected chi connectivity index (χ4v) is 7.69. The van der Waals surface area contributed by atoms with Crippen molar-refractivity contribution in [1.82, 2.24) is 0 Å². The van der Waals surface area contributed by atoms with Crippen molar-refractivity contribution in [3.05, 3.63) is 0 Å². The number of hydrogen-bond acceptors (Lipinski definition) is 2. The van der Waals surface area contributed by atoms with E-state index in [1.165, 1.54) is 57.8 Å². The summed E-state index contributed by atoms with van der Waals surface area (Å²) in [4.78, 5) is 4.48. The van der Waals surface area contributed by atoms with Crippen molar-refractivity contribution in [2.24, 2.45) is 40.0 Å². The van der Waals surface area contributed by atoms with Crippen molar-refractivity contribution in [2.75, 3.05) is 6.73 Å². The molecule has 5 aliphatic rings. The van der Waals surface area contributed by atoms with Gasteiger partial charge in [-0.15, -0.1) is 0 Å². The van der Waals surface area contributed by atoms with Gasteiger partial charge in [0.1, 0.15) is 12.3 Å². The third-order valence-corrected chi connectivity index (χ3v) is 8.76. The monoisotopic (exact) mass is 301 g/mol. The highest BCUT2D eigenvalue weighted by atomic mass is 16.5. The SMILES string of the molecule is C[C@]12CC[C@H]3[C@@H](CCC4CCCC[C@@H]43)[C@@H]1CCC21C=NCO1. The van der Waals surface area contributed by atoms with Gasteiger partial charge in [-0.1, -0.05) is 26.2 Å². The summed E-state index contributed by atoms with van der Waals surface area (Å²) >= 11 is 0. The molecule has 22 heavy (non-hydrogen) atoms. The van der Waals surface area contributed by atoms with E-state index in [4.69, 9.17) is 4.74 Å². The van der Waals surface area contributed by atoms with E-state index in [0.717, 1.165) is 29.6 Å². The Morgan fingerprint density at radius 2 is 1.82 bits per heavy atom. The minimum Gasteiger partial charge on any atom is -0.347 e. The molecule has 0 N–H and O–H groups in total. The van der Waals surface area contributed by atoms with Crippen LogP contribution in [0.15, 0.2) is 4.99 Å². The second-order valence-electron chi connectivity index (χ2n) is 9.19. The van der Waals surface area contributed by atoms with Crippen molar-refractivity contribution in [3.8, 4) is 0 Å². The molecule has 1 heterocycles. The molecule has 122 valence electrons. The summed E-state index contributed by atoms with van der Waals surface area (Å²) in [7, 11) is 0. The smallest absolute Gasteiger partial charge is 0.138 e. The number of fused-ring (bicyclic) bond motifs is 6. The van der Waals surface area contributed by atoms with Crippen molar-refractivity contribution >= 4 is 6.21 Å². The summed E-state index contributed by atoms with van der Waals surface area (Å²) in [5, 5.41) is 0. The third-order valence-electron chi connectivity index (χ3n) is 8.76. The fourth-order valence-electron chi connectivity index (χ4n) is 7.69. The van der Waals surface area contributed by atoms with E-state index in [9.17, 15) is 0 Å². The third kappa shape index (κ3) is 1.68. The van der Waals surface area contributed by atoms with Gasteiger partial charge in [0.05, 0.1) is 0 Å². The molecule has 1 aliphatic heterocycles. The molecule has 2 heteroatoms. The molecule has 0 saturated heterocycles. The Morgan fingerprint density at radius 1 is 0.909 bits per heavy atom. The van der Waals surface area contributed by atoms with E-state index < -0.39 is 0 Å². The Morgan fingerprint density at radius 3 is 2.68 bits per heavy atom. The van der Waals surface area contributed by atoms with Crippen LogP contribution in [-0.4, -0.2) is 18.5 Å². The number of aliphatic imine (C=N–C) groups is 1. The molecule has 0 aromatic carbocycles. The van der Waals surface area contributed by atoms with Crippen molar-refractivity contribution in [2.45, 2.75) is 76.7 Å². The fraction of sp³-hybridized carbons (Fsp3) is 0.950. The van der Waals surface area contributed by atoms with Crippen LogP contribution >= 0.6 is 0 Å². The molecule has 0 bridgehead atoms. The maximum atomic E-state index is 6.24. The molecule has 0 aromatic rings. The van der Waals surface area contributed by atoms with Crippen LogP contribution in [0.3, 0.4) is 0 Å². The zero-order chi connectivity index (χ0) is 14.8. The second kappa shape index (κ2) is 4.82. The highest BCUT2D eigenvalue weighted by molar-refractivity contribution is 5.72. The van der Waals surface area contributed by atoms with Gasteiger partial charge >= 0.3 is 0 Å². The molecule has 0 aromatic heterocycles. The highest BCUT2D eigenvalue weighted by Gasteiger charge is 2.63. The first-order valence-corrected chi connectivity index (χ1v) is 9.88. The van der Waals surface area contributed by atoms with Crippen LogP contribution in [0.2, 0.25) is 0 Å². The van der Waals surface area contributed by atoms with E-state index in [2.05, 4.69) is 18.1 Å². The minimum absolute atomic E-state index is 0.00600. The minimum atomic E-state index is 0.00600. The van der Waals surface area contributed by atoms with Crippen LogP contribution in [0.5, 0.6) is 0 Å².